The van der Waals surface area contributed by atoms with Crippen molar-refractivity contribution in [2.75, 3.05) is 0 Å². The van der Waals surface area contributed by atoms with Gasteiger partial charge in [-0.05, 0) is 107 Å². The van der Waals surface area contributed by atoms with E-state index in [4.69, 9.17) is 0 Å². The van der Waals surface area contributed by atoms with Gasteiger partial charge < -0.3 is 9.90 Å². The Labute approximate surface area is 298 Å². The Bertz CT molecular complexity index is 1180. The fourth-order valence-electron chi connectivity index (χ4n) is 6.33. The van der Waals surface area contributed by atoms with Crippen molar-refractivity contribution in [3.63, 3.8) is 0 Å². The van der Waals surface area contributed by atoms with Crippen LogP contribution >= 0.6 is 0 Å². The Hall–Kier alpha value is -2.52. The number of rotatable bonds is 22. The lowest BCUT2D eigenvalue weighted by Gasteiger charge is -2.22. The monoisotopic (exact) mass is 672 g/mol. The van der Waals surface area contributed by atoms with Crippen molar-refractivity contribution in [3.05, 3.63) is 88.0 Å². The van der Waals surface area contributed by atoms with Gasteiger partial charge >= 0.3 is 0 Å². The Kier molecular flexibility index (Phi) is 21.3. The molecule has 3 rings (SSSR count). The van der Waals surface area contributed by atoms with Gasteiger partial charge in [0.1, 0.15) is 10.9 Å². The summed E-state index contributed by atoms with van der Waals surface area (Å²) in [6, 6.07) is 22.2. The quantitative estimate of drug-likeness (QED) is 0.0997. The summed E-state index contributed by atoms with van der Waals surface area (Å²) in [4.78, 5) is 14.1. The summed E-state index contributed by atoms with van der Waals surface area (Å²) < 4.78 is 0. The van der Waals surface area contributed by atoms with Crippen molar-refractivity contribution in [1.82, 2.24) is 0 Å². The summed E-state index contributed by atoms with van der Waals surface area (Å²) in [5.74, 6) is -0.995. The molecule has 0 aromatic heterocycles. The molecule has 0 aliphatic carbocycles. The van der Waals surface area contributed by atoms with Gasteiger partial charge in [0.25, 0.3) is 0 Å². The molecule has 0 saturated carbocycles. The predicted octanol–water partition coefficient (Wildman–Crippen LogP) is 12.0. The standard InChI is InChI=1S/C42H63S.C3H6O2/c1-7-13-22-34-30-36(24-15-9-3)41(37(31-34)25-16-10-4)43(40-28-20-19-21-29-40)42-38(26-17-11-5)32-35(23-14-8-2)33-39(42)27-18-12-6;1-2-3(4)5/h19-21,28-33H,7-18,22-27H2,1-6H3;2H2,1H3,(H,4,5)/q+1;/p-1. The average molecular weight is 673 g/mol. The molecule has 0 N–H and O–H groups in total. The highest BCUT2D eigenvalue weighted by Crippen LogP contribution is 2.42. The van der Waals surface area contributed by atoms with Crippen LogP contribution in [0.25, 0.3) is 0 Å². The molecule has 48 heavy (non-hydrogen) atoms. The Morgan fingerprint density at radius 3 is 1.06 bits per heavy atom. The molecule has 0 atom stereocenters. The maximum Gasteiger partial charge on any atom is 0.172 e. The molecule has 0 saturated heterocycles. The summed E-state index contributed by atoms with van der Waals surface area (Å²) in [5.41, 5.74) is 9.73. The van der Waals surface area contributed by atoms with Crippen LogP contribution in [0.3, 0.4) is 0 Å². The zero-order chi connectivity index (χ0) is 35.1. The number of benzene rings is 3. The van der Waals surface area contributed by atoms with E-state index in [0.717, 1.165) is 0 Å². The maximum absolute atomic E-state index is 9.26. The van der Waals surface area contributed by atoms with Crippen molar-refractivity contribution in [1.29, 1.82) is 0 Å². The van der Waals surface area contributed by atoms with Crippen molar-refractivity contribution in [2.24, 2.45) is 0 Å². The van der Waals surface area contributed by atoms with E-state index in [2.05, 4.69) is 96.1 Å². The molecule has 0 bridgehead atoms. The van der Waals surface area contributed by atoms with Gasteiger partial charge in [0.15, 0.2) is 14.7 Å². The van der Waals surface area contributed by atoms with Gasteiger partial charge in [0.2, 0.25) is 0 Å². The molecule has 0 amide bonds. The molecule has 3 aromatic rings. The first-order valence-corrected chi connectivity index (χ1v) is 20.9. The highest BCUT2D eigenvalue weighted by Gasteiger charge is 2.38. The summed E-state index contributed by atoms with van der Waals surface area (Å²) >= 11 is 0. The van der Waals surface area contributed by atoms with Gasteiger partial charge in [-0.1, -0.05) is 129 Å². The third-order valence-electron chi connectivity index (χ3n) is 9.12. The molecule has 0 fully saturated rings. The van der Waals surface area contributed by atoms with E-state index < -0.39 is 5.97 Å². The van der Waals surface area contributed by atoms with E-state index in [1.807, 2.05) is 0 Å². The first-order chi connectivity index (χ1) is 23.4. The van der Waals surface area contributed by atoms with Crippen LogP contribution in [0.5, 0.6) is 0 Å². The van der Waals surface area contributed by atoms with Gasteiger partial charge in [-0.25, -0.2) is 0 Å². The second-order valence-electron chi connectivity index (χ2n) is 13.5. The largest absolute Gasteiger partial charge is 0.550 e. The number of carboxylic acids is 1. The second kappa shape index (κ2) is 24.6. The van der Waals surface area contributed by atoms with Crippen LogP contribution in [-0.2, 0) is 54.2 Å². The van der Waals surface area contributed by atoms with Gasteiger partial charge in [-0.3, -0.25) is 0 Å². The summed E-state index contributed by atoms with van der Waals surface area (Å²) in [7, 11) is -0.103. The second-order valence-corrected chi connectivity index (χ2v) is 15.4. The van der Waals surface area contributed by atoms with E-state index in [0.29, 0.717) is 0 Å². The van der Waals surface area contributed by atoms with Crippen LogP contribution in [0.1, 0.15) is 165 Å². The minimum absolute atomic E-state index is 0.103. The van der Waals surface area contributed by atoms with Crippen LogP contribution in [0.4, 0.5) is 0 Å². The number of aliphatic carboxylic acids is 1. The normalized spacial score (nSPS) is 11.1. The zero-order valence-electron chi connectivity index (χ0n) is 31.9. The average Bonchev–Trinajstić information content (AvgIpc) is 3.11. The van der Waals surface area contributed by atoms with Gasteiger partial charge in [-0.15, -0.1) is 0 Å². The molecule has 0 heterocycles. The Morgan fingerprint density at radius 2 is 0.792 bits per heavy atom. The minimum Gasteiger partial charge on any atom is -0.550 e. The Morgan fingerprint density at radius 1 is 0.500 bits per heavy atom. The van der Waals surface area contributed by atoms with Crippen LogP contribution in [0.15, 0.2) is 69.3 Å². The molecule has 0 aliphatic heterocycles. The highest BCUT2D eigenvalue weighted by molar-refractivity contribution is 7.97. The number of hydrogen-bond donors (Lipinski definition) is 0. The van der Waals surface area contributed by atoms with E-state index in [-0.39, 0.29) is 17.3 Å². The lowest BCUT2D eigenvalue weighted by atomic mass is 9.96. The van der Waals surface area contributed by atoms with Crippen molar-refractivity contribution < 1.29 is 9.90 Å². The summed E-state index contributed by atoms with van der Waals surface area (Å²) in [6.07, 6.45) is 22.5. The molecule has 0 spiro atoms. The van der Waals surface area contributed by atoms with E-state index in [9.17, 15) is 9.90 Å². The highest BCUT2D eigenvalue weighted by atomic mass is 32.2. The SMILES string of the molecule is CCC(=O)[O-].CCCCc1cc(CCCC)c([S+](c2ccccc2)c2c(CCCC)cc(CCCC)cc2CCCC)c(CCCC)c1. The molecule has 0 radical (unpaired) electrons. The van der Waals surface area contributed by atoms with Crippen molar-refractivity contribution in [3.8, 4) is 0 Å². The van der Waals surface area contributed by atoms with Crippen LogP contribution in [0, 0.1) is 0 Å². The molecule has 266 valence electrons. The fourth-order valence-corrected chi connectivity index (χ4v) is 9.13. The first-order valence-electron chi connectivity index (χ1n) is 19.7. The Balaban J connectivity index is 0.00000149. The summed E-state index contributed by atoms with van der Waals surface area (Å²) in [6.45, 7) is 15.6. The van der Waals surface area contributed by atoms with Crippen molar-refractivity contribution >= 4 is 16.9 Å². The molecule has 0 unspecified atom stereocenters. The molecule has 3 aromatic carbocycles. The van der Waals surface area contributed by atoms with E-state index in [1.54, 1.807) is 43.2 Å². The number of unbranched alkanes of at least 4 members (excludes halogenated alkanes) is 6. The lowest BCUT2D eigenvalue weighted by Crippen LogP contribution is -2.19. The predicted molar refractivity (Wildman–Crippen MR) is 208 cm³/mol. The van der Waals surface area contributed by atoms with Crippen LogP contribution < -0.4 is 5.11 Å². The molecular formula is C45H68O2S. The first kappa shape index (κ1) is 41.7. The van der Waals surface area contributed by atoms with Gasteiger partial charge in [0, 0.05) is 28.2 Å². The zero-order valence-corrected chi connectivity index (χ0v) is 32.7. The van der Waals surface area contributed by atoms with Gasteiger partial charge in [0.05, 0.1) is 0 Å². The van der Waals surface area contributed by atoms with Crippen LogP contribution in [0.2, 0.25) is 0 Å². The number of hydrogen-bond acceptors (Lipinski definition) is 2. The molecule has 2 nitrogen and oxygen atoms in total. The number of aryl methyl sites for hydroxylation is 6. The van der Waals surface area contributed by atoms with Crippen molar-refractivity contribution in [2.45, 2.75) is 185 Å². The van der Waals surface area contributed by atoms with Crippen LogP contribution in [-0.4, -0.2) is 5.97 Å². The van der Waals surface area contributed by atoms with Gasteiger partial charge in [-0.2, -0.15) is 0 Å². The molecule has 0 aliphatic rings. The third-order valence-corrected chi connectivity index (χ3v) is 11.7. The molecular weight excluding hydrogens is 605 g/mol. The fraction of sp³-hybridized carbons (Fsp3) is 0.578. The number of carbonyl (C=O) groups excluding carboxylic acids is 1. The number of carboxylic acid groups (broad SMARTS) is 1. The lowest BCUT2D eigenvalue weighted by molar-refractivity contribution is -0.305. The summed E-state index contributed by atoms with van der Waals surface area (Å²) in [5, 5.41) is 9.26. The topological polar surface area (TPSA) is 40.1 Å². The smallest absolute Gasteiger partial charge is 0.172 e. The number of carbonyl (C=O) groups is 1. The van der Waals surface area contributed by atoms with E-state index in [1.165, 1.54) is 127 Å². The molecule has 3 heteroatoms. The van der Waals surface area contributed by atoms with E-state index >= 15 is 0 Å². The maximum atomic E-state index is 9.26. The minimum atomic E-state index is -0.995. The third kappa shape index (κ3) is 13.8.